The zero-order valence-corrected chi connectivity index (χ0v) is 12.9. The standard InChI is InChI=1S/C12H19BrN2OS/c1-9(2)14-5-4-12(16)15(3)7-11-6-10(13)8-17-11/h6,8-9,14H,4-5,7H2,1-3H3. The summed E-state index contributed by atoms with van der Waals surface area (Å²) in [6, 6.07) is 2.49. The molecule has 0 radical (unpaired) electrons. The number of thiophene rings is 1. The second-order valence-corrected chi connectivity index (χ2v) is 6.25. The minimum atomic E-state index is 0.183. The summed E-state index contributed by atoms with van der Waals surface area (Å²) in [5, 5.41) is 5.28. The molecule has 1 heterocycles. The Labute approximate surface area is 115 Å². The molecule has 0 bridgehead atoms. The van der Waals surface area contributed by atoms with Gasteiger partial charge in [-0.25, -0.2) is 0 Å². The summed E-state index contributed by atoms with van der Waals surface area (Å²) in [7, 11) is 1.85. The lowest BCUT2D eigenvalue weighted by atomic mass is 10.3. The number of amides is 1. The molecule has 0 unspecified atom stereocenters. The van der Waals surface area contributed by atoms with Crippen LogP contribution in [0.4, 0.5) is 0 Å². The van der Waals surface area contributed by atoms with Crippen molar-refractivity contribution < 1.29 is 4.79 Å². The number of hydrogen-bond donors (Lipinski definition) is 1. The fourth-order valence-corrected chi connectivity index (χ4v) is 2.92. The molecule has 0 fully saturated rings. The van der Waals surface area contributed by atoms with Crippen LogP contribution in [0.15, 0.2) is 15.9 Å². The van der Waals surface area contributed by atoms with Gasteiger partial charge in [-0.05, 0) is 22.0 Å². The third-order valence-electron chi connectivity index (χ3n) is 2.33. The van der Waals surface area contributed by atoms with E-state index < -0.39 is 0 Å². The van der Waals surface area contributed by atoms with Crippen LogP contribution < -0.4 is 5.32 Å². The molecule has 0 aromatic carbocycles. The van der Waals surface area contributed by atoms with E-state index in [1.807, 2.05) is 12.4 Å². The highest BCUT2D eigenvalue weighted by molar-refractivity contribution is 9.10. The van der Waals surface area contributed by atoms with Gasteiger partial charge in [-0.1, -0.05) is 13.8 Å². The second kappa shape index (κ2) is 7.13. The number of nitrogens with zero attached hydrogens (tertiary/aromatic N) is 1. The van der Waals surface area contributed by atoms with Crippen LogP contribution in [0.5, 0.6) is 0 Å². The quantitative estimate of drug-likeness (QED) is 0.874. The molecule has 1 amide bonds. The molecule has 0 aliphatic carbocycles. The van der Waals surface area contributed by atoms with Gasteiger partial charge in [0.2, 0.25) is 5.91 Å². The van der Waals surface area contributed by atoms with Gasteiger partial charge in [-0.2, -0.15) is 0 Å². The fraction of sp³-hybridized carbons (Fsp3) is 0.583. The maximum absolute atomic E-state index is 11.8. The lowest BCUT2D eigenvalue weighted by Crippen LogP contribution is -2.31. The minimum Gasteiger partial charge on any atom is -0.341 e. The van der Waals surface area contributed by atoms with Gasteiger partial charge in [0.1, 0.15) is 0 Å². The molecule has 0 atom stereocenters. The van der Waals surface area contributed by atoms with Crippen LogP contribution in [0.25, 0.3) is 0 Å². The normalized spacial score (nSPS) is 10.9. The molecule has 0 spiro atoms. The van der Waals surface area contributed by atoms with Crippen LogP contribution in [0.2, 0.25) is 0 Å². The van der Waals surface area contributed by atoms with Gasteiger partial charge in [0.25, 0.3) is 0 Å². The Morgan fingerprint density at radius 1 is 1.59 bits per heavy atom. The first-order valence-corrected chi connectivity index (χ1v) is 7.36. The maximum Gasteiger partial charge on any atom is 0.223 e. The molecule has 0 aliphatic heterocycles. The summed E-state index contributed by atoms with van der Waals surface area (Å²) in [4.78, 5) is 14.8. The largest absolute Gasteiger partial charge is 0.341 e. The summed E-state index contributed by atoms with van der Waals surface area (Å²) < 4.78 is 1.08. The molecule has 1 aromatic heterocycles. The van der Waals surface area contributed by atoms with E-state index in [9.17, 15) is 4.79 Å². The van der Waals surface area contributed by atoms with E-state index in [-0.39, 0.29) is 5.91 Å². The van der Waals surface area contributed by atoms with Crippen molar-refractivity contribution in [2.75, 3.05) is 13.6 Å². The predicted molar refractivity (Wildman–Crippen MR) is 76.2 cm³/mol. The molecule has 5 heteroatoms. The highest BCUT2D eigenvalue weighted by atomic mass is 79.9. The van der Waals surface area contributed by atoms with E-state index in [0.29, 0.717) is 19.0 Å². The van der Waals surface area contributed by atoms with Crippen molar-refractivity contribution in [2.45, 2.75) is 32.9 Å². The van der Waals surface area contributed by atoms with Gasteiger partial charge in [-0.3, -0.25) is 4.79 Å². The average molecular weight is 319 g/mol. The first-order valence-electron chi connectivity index (χ1n) is 5.69. The van der Waals surface area contributed by atoms with Gasteiger partial charge >= 0.3 is 0 Å². The van der Waals surface area contributed by atoms with Gasteiger partial charge in [0.05, 0.1) is 6.54 Å². The van der Waals surface area contributed by atoms with Gasteiger partial charge < -0.3 is 10.2 Å². The van der Waals surface area contributed by atoms with Crippen LogP contribution in [0, 0.1) is 0 Å². The zero-order chi connectivity index (χ0) is 12.8. The number of rotatable bonds is 6. The average Bonchev–Trinajstić information content (AvgIpc) is 2.63. The molecular formula is C12H19BrN2OS. The van der Waals surface area contributed by atoms with E-state index in [2.05, 4.69) is 41.2 Å². The van der Waals surface area contributed by atoms with E-state index >= 15 is 0 Å². The molecule has 3 nitrogen and oxygen atoms in total. The fourth-order valence-electron chi connectivity index (χ4n) is 1.42. The number of carbonyl (C=O) groups excluding carboxylic acids is 1. The van der Waals surface area contributed by atoms with Crippen molar-refractivity contribution in [1.82, 2.24) is 10.2 Å². The monoisotopic (exact) mass is 318 g/mol. The van der Waals surface area contributed by atoms with Crippen molar-refractivity contribution in [2.24, 2.45) is 0 Å². The molecular weight excluding hydrogens is 300 g/mol. The van der Waals surface area contributed by atoms with Gasteiger partial charge in [0.15, 0.2) is 0 Å². The van der Waals surface area contributed by atoms with Crippen molar-refractivity contribution in [3.8, 4) is 0 Å². The first kappa shape index (κ1) is 14.7. The molecule has 17 heavy (non-hydrogen) atoms. The highest BCUT2D eigenvalue weighted by Crippen LogP contribution is 2.20. The Balaban J connectivity index is 2.31. The van der Waals surface area contributed by atoms with Crippen molar-refractivity contribution in [3.63, 3.8) is 0 Å². The van der Waals surface area contributed by atoms with E-state index in [0.717, 1.165) is 11.0 Å². The lowest BCUT2D eigenvalue weighted by Gasteiger charge is -2.17. The van der Waals surface area contributed by atoms with Crippen LogP contribution in [0.3, 0.4) is 0 Å². The van der Waals surface area contributed by atoms with Gasteiger partial charge in [0, 0.05) is 40.8 Å². The topological polar surface area (TPSA) is 32.3 Å². The molecule has 1 N–H and O–H groups in total. The van der Waals surface area contributed by atoms with Crippen molar-refractivity contribution in [1.29, 1.82) is 0 Å². The third kappa shape index (κ3) is 5.66. The van der Waals surface area contributed by atoms with E-state index in [4.69, 9.17) is 0 Å². The summed E-state index contributed by atoms with van der Waals surface area (Å²) in [5.41, 5.74) is 0. The Bertz CT molecular complexity index is 365. The summed E-state index contributed by atoms with van der Waals surface area (Å²) in [6.45, 7) is 5.60. The lowest BCUT2D eigenvalue weighted by molar-refractivity contribution is -0.130. The van der Waals surface area contributed by atoms with Gasteiger partial charge in [-0.15, -0.1) is 11.3 Å². The first-order chi connectivity index (χ1) is 7.99. The molecule has 96 valence electrons. The molecule has 1 aromatic rings. The summed E-state index contributed by atoms with van der Waals surface area (Å²) in [6.07, 6.45) is 0.557. The third-order valence-corrected chi connectivity index (χ3v) is 4.01. The Morgan fingerprint density at radius 2 is 2.29 bits per heavy atom. The molecule has 0 aliphatic rings. The van der Waals surface area contributed by atoms with Crippen LogP contribution in [0.1, 0.15) is 25.1 Å². The van der Waals surface area contributed by atoms with Crippen LogP contribution >= 0.6 is 27.3 Å². The Morgan fingerprint density at radius 3 is 2.82 bits per heavy atom. The van der Waals surface area contributed by atoms with Crippen LogP contribution in [-0.2, 0) is 11.3 Å². The summed E-state index contributed by atoms with van der Waals surface area (Å²) in [5.74, 6) is 0.183. The zero-order valence-electron chi connectivity index (χ0n) is 10.5. The molecule has 0 saturated carbocycles. The molecule has 1 rings (SSSR count). The second-order valence-electron chi connectivity index (χ2n) is 4.34. The Hall–Kier alpha value is -0.390. The maximum atomic E-state index is 11.8. The SMILES string of the molecule is CC(C)NCCC(=O)N(C)Cc1cc(Br)cs1. The van der Waals surface area contributed by atoms with Crippen LogP contribution in [-0.4, -0.2) is 30.4 Å². The molecule has 0 saturated heterocycles. The van der Waals surface area contributed by atoms with Crippen molar-refractivity contribution >= 4 is 33.2 Å². The smallest absolute Gasteiger partial charge is 0.223 e. The number of carbonyl (C=O) groups is 1. The summed E-state index contributed by atoms with van der Waals surface area (Å²) >= 11 is 5.08. The number of nitrogens with one attached hydrogen (secondary N) is 1. The number of halogens is 1. The predicted octanol–water partition coefficient (Wildman–Crippen LogP) is 2.86. The Kier molecular flexibility index (Phi) is 6.16. The highest BCUT2D eigenvalue weighted by Gasteiger charge is 2.10. The van der Waals surface area contributed by atoms with Crippen molar-refractivity contribution in [3.05, 3.63) is 20.8 Å². The number of hydrogen-bond acceptors (Lipinski definition) is 3. The van der Waals surface area contributed by atoms with E-state index in [1.54, 1.807) is 16.2 Å². The minimum absolute atomic E-state index is 0.183. The van der Waals surface area contributed by atoms with E-state index in [1.165, 1.54) is 4.88 Å².